The summed E-state index contributed by atoms with van der Waals surface area (Å²) in [6, 6.07) is 0. The van der Waals surface area contributed by atoms with Crippen molar-refractivity contribution < 1.29 is 14.6 Å². The second-order valence-corrected chi connectivity index (χ2v) is 8.36. The lowest BCUT2D eigenvalue weighted by Crippen LogP contribution is -2.41. The Labute approximate surface area is 157 Å². The van der Waals surface area contributed by atoms with Crippen LogP contribution in [0.1, 0.15) is 41.9 Å². The molecular weight excluding hydrogens is 350 g/mol. The molecule has 4 rings (SSSR count). The van der Waals surface area contributed by atoms with Crippen LogP contribution in [0.2, 0.25) is 0 Å². The molecule has 3 heterocycles. The highest BCUT2D eigenvalue weighted by Crippen LogP contribution is 2.40. The minimum absolute atomic E-state index is 0.0477. The van der Waals surface area contributed by atoms with Gasteiger partial charge in [0.2, 0.25) is 0 Å². The normalized spacial score (nSPS) is 19.4. The predicted octanol–water partition coefficient (Wildman–Crippen LogP) is 2.63. The number of esters is 1. The Balaban J connectivity index is 1.62. The molecule has 0 saturated carbocycles. The lowest BCUT2D eigenvalue weighted by molar-refractivity contribution is -0.153. The number of nitrogens with zero attached hydrogens (tertiary/aromatic N) is 3. The summed E-state index contributed by atoms with van der Waals surface area (Å²) in [5.41, 5.74) is 1.45. The maximum atomic E-state index is 11.6. The molecule has 2 aromatic heterocycles. The van der Waals surface area contributed by atoms with E-state index >= 15 is 0 Å². The van der Waals surface area contributed by atoms with Crippen LogP contribution in [-0.4, -0.2) is 47.3 Å². The van der Waals surface area contributed by atoms with Gasteiger partial charge in [0.25, 0.3) is 0 Å². The number of thiophene rings is 1. The molecule has 0 aromatic carbocycles. The first-order chi connectivity index (χ1) is 12.6. The van der Waals surface area contributed by atoms with Gasteiger partial charge in [0.05, 0.1) is 12.5 Å². The number of carbonyl (C=O) groups is 1. The molecule has 1 unspecified atom stereocenters. The summed E-state index contributed by atoms with van der Waals surface area (Å²) in [6.07, 6.45) is 5.26. The summed E-state index contributed by atoms with van der Waals surface area (Å²) in [5.74, 6) is 1.27. The third kappa shape index (κ3) is 3.07. The maximum absolute atomic E-state index is 11.6. The van der Waals surface area contributed by atoms with Crippen LogP contribution in [0.5, 0.6) is 0 Å². The van der Waals surface area contributed by atoms with Crippen molar-refractivity contribution in [3.05, 3.63) is 16.3 Å². The third-order valence-electron chi connectivity index (χ3n) is 5.64. The topological polar surface area (TPSA) is 75.6 Å². The summed E-state index contributed by atoms with van der Waals surface area (Å²) in [7, 11) is 1.32. The van der Waals surface area contributed by atoms with Crippen molar-refractivity contribution in [3.63, 3.8) is 0 Å². The number of hydrogen-bond acceptors (Lipinski definition) is 7. The van der Waals surface area contributed by atoms with Crippen molar-refractivity contribution in [1.29, 1.82) is 0 Å². The number of fused-ring (bicyclic) bond motifs is 3. The molecule has 1 N–H and O–H groups in total. The van der Waals surface area contributed by atoms with Crippen molar-refractivity contribution >= 4 is 33.3 Å². The third-order valence-corrected chi connectivity index (χ3v) is 6.82. The molecule has 7 heteroatoms. The molecule has 6 nitrogen and oxygen atoms in total. The van der Waals surface area contributed by atoms with E-state index in [-0.39, 0.29) is 5.92 Å². The number of piperidine rings is 1. The van der Waals surface area contributed by atoms with E-state index in [1.165, 1.54) is 35.8 Å². The monoisotopic (exact) mass is 375 g/mol. The van der Waals surface area contributed by atoms with Gasteiger partial charge in [-0.3, -0.25) is 0 Å². The van der Waals surface area contributed by atoms with Crippen LogP contribution in [0.15, 0.2) is 0 Å². The number of aliphatic hydroxyl groups excluding tert-OH is 1. The van der Waals surface area contributed by atoms with Crippen molar-refractivity contribution in [2.45, 2.75) is 51.6 Å². The Bertz CT molecular complexity index is 827. The smallest absolute Gasteiger partial charge is 0.334 e. The molecular formula is C19H25N3O3S. The van der Waals surface area contributed by atoms with E-state index in [1.54, 1.807) is 0 Å². The highest BCUT2D eigenvalue weighted by Gasteiger charge is 2.32. The van der Waals surface area contributed by atoms with Crippen LogP contribution in [0.4, 0.5) is 5.82 Å². The minimum atomic E-state index is -1.02. The van der Waals surface area contributed by atoms with Gasteiger partial charge < -0.3 is 14.7 Å². The molecule has 0 bridgehead atoms. The fourth-order valence-electron chi connectivity index (χ4n) is 4.21. The Morgan fingerprint density at radius 3 is 2.73 bits per heavy atom. The molecule has 0 amide bonds. The summed E-state index contributed by atoms with van der Waals surface area (Å²) in [4.78, 5) is 26.0. The van der Waals surface area contributed by atoms with Crippen LogP contribution in [-0.2, 0) is 22.4 Å². The molecule has 1 atom stereocenters. The highest BCUT2D eigenvalue weighted by atomic mass is 32.1. The number of aromatic nitrogens is 2. The zero-order valence-corrected chi connectivity index (χ0v) is 16.1. The second kappa shape index (κ2) is 7.12. The van der Waals surface area contributed by atoms with Gasteiger partial charge in [0.1, 0.15) is 16.5 Å². The molecule has 26 heavy (non-hydrogen) atoms. The van der Waals surface area contributed by atoms with Gasteiger partial charge in [-0.05, 0) is 56.9 Å². The summed E-state index contributed by atoms with van der Waals surface area (Å²) < 4.78 is 4.68. The van der Waals surface area contributed by atoms with E-state index in [0.29, 0.717) is 0 Å². The summed E-state index contributed by atoms with van der Waals surface area (Å²) >= 11 is 1.83. The van der Waals surface area contributed by atoms with Crippen LogP contribution in [0, 0.1) is 12.8 Å². The zero-order chi connectivity index (χ0) is 18.3. The lowest BCUT2D eigenvalue weighted by Gasteiger charge is -2.34. The number of rotatable bonds is 3. The Morgan fingerprint density at radius 2 is 2.00 bits per heavy atom. The number of carbonyl (C=O) groups excluding carboxylic acids is 1. The Kier molecular flexibility index (Phi) is 4.84. The van der Waals surface area contributed by atoms with E-state index in [0.717, 1.165) is 55.2 Å². The van der Waals surface area contributed by atoms with Crippen molar-refractivity contribution in [2.75, 3.05) is 25.1 Å². The van der Waals surface area contributed by atoms with Crippen molar-refractivity contribution in [2.24, 2.45) is 5.92 Å². The van der Waals surface area contributed by atoms with Gasteiger partial charge in [0, 0.05) is 18.0 Å². The van der Waals surface area contributed by atoms with E-state index in [1.807, 2.05) is 18.3 Å². The molecule has 2 aromatic rings. The predicted molar refractivity (Wildman–Crippen MR) is 102 cm³/mol. The average Bonchev–Trinajstić information content (AvgIpc) is 3.04. The first kappa shape index (κ1) is 17.7. The number of methoxy groups -OCH3 is 1. The minimum Gasteiger partial charge on any atom is -0.467 e. The number of hydrogen-bond donors (Lipinski definition) is 1. The Hall–Kier alpha value is -1.73. The van der Waals surface area contributed by atoms with Gasteiger partial charge in [-0.15, -0.1) is 11.3 Å². The zero-order valence-electron chi connectivity index (χ0n) is 15.3. The Morgan fingerprint density at radius 1 is 1.27 bits per heavy atom. The van der Waals surface area contributed by atoms with Gasteiger partial charge in [-0.1, -0.05) is 0 Å². The SMILES string of the molecule is COC(=O)C(O)C1CCN(c2nc(C)nc3sc4c(c23)CCCC4)CC1. The largest absolute Gasteiger partial charge is 0.467 e. The van der Waals surface area contributed by atoms with Crippen LogP contribution in [0.3, 0.4) is 0 Å². The fourth-order valence-corrected chi connectivity index (χ4v) is 5.51. The number of ether oxygens (including phenoxy) is 1. The first-order valence-corrected chi connectivity index (χ1v) is 10.2. The molecule has 1 saturated heterocycles. The van der Waals surface area contributed by atoms with Gasteiger partial charge in [-0.2, -0.15) is 0 Å². The molecule has 1 aliphatic heterocycles. The average molecular weight is 375 g/mol. The lowest BCUT2D eigenvalue weighted by atomic mass is 9.91. The van der Waals surface area contributed by atoms with Gasteiger partial charge in [0.15, 0.2) is 6.10 Å². The summed E-state index contributed by atoms with van der Waals surface area (Å²) in [6.45, 7) is 3.53. The van der Waals surface area contributed by atoms with E-state index in [9.17, 15) is 9.90 Å². The number of aryl methyl sites for hydroxylation is 3. The van der Waals surface area contributed by atoms with E-state index < -0.39 is 12.1 Å². The first-order valence-electron chi connectivity index (χ1n) is 9.38. The van der Waals surface area contributed by atoms with Crippen LogP contribution in [0.25, 0.3) is 10.2 Å². The van der Waals surface area contributed by atoms with E-state index in [4.69, 9.17) is 9.97 Å². The maximum Gasteiger partial charge on any atom is 0.334 e. The molecule has 0 radical (unpaired) electrons. The van der Waals surface area contributed by atoms with E-state index in [2.05, 4.69) is 9.64 Å². The van der Waals surface area contributed by atoms with Gasteiger partial charge in [-0.25, -0.2) is 14.8 Å². The highest BCUT2D eigenvalue weighted by molar-refractivity contribution is 7.19. The standard InChI is InChI=1S/C19H25N3O3S/c1-11-20-17(15-13-5-3-4-6-14(13)26-18(15)21-11)22-9-7-12(8-10-22)16(23)19(24)25-2/h12,16,23H,3-10H2,1-2H3. The molecule has 1 fully saturated rings. The molecule has 2 aliphatic rings. The second-order valence-electron chi connectivity index (χ2n) is 7.28. The molecule has 140 valence electrons. The fraction of sp³-hybridized carbons (Fsp3) is 0.632. The van der Waals surface area contributed by atoms with Crippen molar-refractivity contribution in [3.8, 4) is 0 Å². The van der Waals surface area contributed by atoms with Crippen LogP contribution >= 0.6 is 11.3 Å². The summed E-state index contributed by atoms with van der Waals surface area (Å²) in [5, 5.41) is 11.4. The molecule has 0 spiro atoms. The van der Waals surface area contributed by atoms with Crippen LogP contribution < -0.4 is 4.90 Å². The van der Waals surface area contributed by atoms with Crippen molar-refractivity contribution in [1.82, 2.24) is 9.97 Å². The quantitative estimate of drug-likeness (QED) is 0.831. The van der Waals surface area contributed by atoms with Gasteiger partial charge >= 0.3 is 5.97 Å². The molecule has 1 aliphatic carbocycles. The number of anilines is 1. The number of aliphatic hydroxyl groups is 1.